The molecule has 0 atom stereocenters. The standard InChI is InChI=1S/C17H17BrClNO/c1-2-10-20(12-13-6-4-3-5-7-13)17(21)14-8-9-15(18)16(19)11-14/h3-9,11H,2,10,12H2,1H3. The first-order valence-electron chi connectivity index (χ1n) is 6.90. The molecule has 0 spiro atoms. The van der Waals surface area contributed by atoms with Gasteiger partial charge in [0.05, 0.1) is 5.02 Å². The summed E-state index contributed by atoms with van der Waals surface area (Å²) in [4.78, 5) is 14.5. The molecule has 0 saturated carbocycles. The van der Waals surface area contributed by atoms with Crippen LogP contribution in [0.15, 0.2) is 53.0 Å². The maximum Gasteiger partial charge on any atom is 0.254 e. The van der Waals surface area contributed by atoms with Crippen LogP contribution in [0.3, 0.4) is 0 Å². The first-order chi connectivity index (χ1) is 10.1. The minimum atomic E-state index is 0.00935. The van der Waals surface area contributed by atoms with Crippen molar-refractivity contribution in [1.29, 1.82) is 0 Å². The van der Waals surface area contributed by atoms with E-state index in [9.17, 15) is 4.79 Å². The molecule has 0 unspecified atom stereocenters. The van der Waals surface area contributed by atoms with Crippen molar-refractivity contribution in [2.45, 2.75) is 19.9 Å². The molecule has 0 aliphatic heterocycles. The first-order valence-corrected chi connectivity index (χ1v) is 8.07. The molecule has 0 fully saturated rings. The number of amides is 1. The molecule has 0 radical (unpaired) electrons. The number of hydrogen-bond donors (Lipinski definition) is 0. The monoisotopic (exact) mass is 365 g/mol. The highest BCUT2D eigenvalue weighted by Crippen LogP contribution is 2.24. The van der Waals surface area contributed by atoms with Crippen LogP contribution >= 0.6 is 27.5 Å². The van der Waals surface area contributed by atoms with Crippen LogP contribution < -0.4 is 0 Å². The summed E-state index contributed by atoms with van der Waals surface area (Å²) >= 11 is 9.43. The van der Waals surface area contributed by atoms with Gasteiger partial charge in [0.1, 0.15) is 0 Å². The van der Waals surface area contributed by atoms with Gasteiger partial charge >= 0.3 is 0 Å². The van der Waals surface area contributed by atoms with E-state index in [1.807, 2.05) is 41.3 Å². The fraction of sp³-hybridized carbons (Fsp3) is 0.235. The fourth-order valence-electron chi connectivity index (χ4n) is 2.14. The Kier molecular flexibility index (Phi) is 5.83. The lowest BCUT2D eigenvalue weighted by Crippen LogP contribution is -2.31. The summed E-state index contributed by atoms with van der Waals surface area (Å²) in [6.07, 6.45) is 0.919. The van der Waals surface area contributed by atoms with E-state index in [1.54, 1.807) is 12.1 Å². The third-order valence-electron chi connectivity index (χ3n) is 3.16. The Hall–Kier alpha value is -1.32. The highest BCUT2D eigenvalue weighted by Gasteiger charge is 2.16. The Balaban J connectivity index is 2.20. The van der Waals surface area contributed by atoms with Crippen LogP contribution in [0.5, 0.6) is 0 Å². The summed E-state index contributed by atoms with van der Waals surface area (Å²) in [5.41, 5.74) is 1.75. The van der Waals surface area contributed by atoms with Crippen molar-refractivity contribution in [3.8, 4) is 0 Å². The molecule has 0 heterocycles. The lowest BCUT2D eigenvalue weighted by Gasteiger charge is -2.22. The summed E-state index contributed by atoms with van der Waals surface area (Å²) in [5, 5.41) is 0.553. The van der Waals surface area contributed by atoms with E-state index >= 15 is 0 Å². The van der Waals surface area contributed by atoms with Gasteiger partial charge in [-0.1, -0.05) is 48.9 Å². The van der Waals surface area contributed by atoms with Gasteiger partial charge in [-0.25, -0.2) is 0 Å². The van der Waals surface area contributed by atoms with E-state index in [-0.39, 0.29) is 5.91 Å². The summed E-state index contributed by atoms with van der Waals surface area (Å²) in [6, 6.07) is 15.3. The molecular formula is C17H17BrClNO. The van der Waals surface area contributed by atoms with Gasteiger partial charge in [0.2, 0.25) is 0 Å². The van der Waals surface area contributed by atoms with Crippen LogP contribution in [0.25, 0.3) is 0 Å². The predicted molar refractivity (Wildman–Crippen MR) is 90.6 cm³/mol. The van der Waals surface area contributed by atoms with Gasteiger partial charge in [-0.15, -0.1) is 0 Å². The van der Waals surface area contributed by atoms with Crippen LogP contribution in [-0.2, 0) is 6.54 Å². The number of benzene rings is 2. The fourth-order valence-corrected chi connectivity index (χ4v) is 2.57. The lowest BCUT2D eigenvalue weighted by molar-refractivity contribution is 0.0743. The van der Waals surface area contributed by atoms with Crippen molar-refractivity contribution >= 4 is 33.4 Å². The molecule has 21 heavy (non-hydrogen) atoms. The minimum Gasteiger partial charge on any atom is -0.334 e. The molecule has 1 amide bonds. The topological polar surface area (TPSA) is 20.3 Å². The van der Waals surface area contributed by atoms with E-state index in [2.05, 4.69) is 22.9 Å². The molecule has 2 rings (SSSR count). The highest BCUT2D eigenvalue weighted by molar-refractivity contribution is 9.10. The SMILES string of the molecule is CCCN(Cc1ccccc1)C(=O)c1ccc(Br)c(Cl)c1. The second kappa shape index (κ2) is 7.62. The van der Waals surface area contributed by atoms with E-state index < -0.39 is 0 Å². The number of halogens is 2. The average Bonchev–Trinajstić information content (AvgIpc) is 2.50. The van der Waals surface area contributed by atoms with Crippen molar-refractivity contribution in [2.75, 3.05) is 6.54 Å². The maximum atomic E-state index is 12.7. The molecule has 2 aromatic rings. The van der Waals surface area contributed by atoms with E-state index in [1.165, 1.54) is 0 Å². The zero-order chi connectivity index (χ0) is 15.2. The van der Waals surface area contributed by atoms with Gasteiger partial charge in [-0.3, -0.25) is 4.79 Å². The summed E-state index contributed by atoms with van der Waals surface area (Å²) in [5.74, 6) is 0.00935. The summed E-state index contributed by atoms with van der Waals surface area (Å²) < 4.78 is 0.797. The van der Waals surface area contributed by atoms with Gasteiger partial charge in [-0.2, -0.15) is 0 Å². The zero-order valence-electron chi connectivity index (χ0n) is 11.9. The van der Waals surface area contributed by atoms with Gasteiger partial charge < -0.3 is 4.90 Å². The van der Waals surface area contributed by atoms with Crippen molar-refractivity contribution in [3.05, 3.63) is 69.2 Å². The average molecular weight is 367 g/mol. The van der Waals surface area contributed by atoms with E-state index in [0.29, 0.717) is 17.1 Å². The van der Waals surface area contributed by atoms with Gasteiger partial charge in [0.25, 0.3) is 5.91 Å². The highest BCUT2D eigenvalue weighted by atomic mass is 79.9. The van der Waals surface area contributed by atoms with Crippen molar-refractivity contribution < 1.29 is 4.79 Å². The van der Waals surface area contributed by atoms with Crippen molar-refractivity contribution in [3.63, 3.8) is 0 Å². The lowest BCUT2D eigenvalue weighted by atomic mass is 10.1. The molecule has 0 N–H and O–H groups in total. The molecule has 0 saturated heterocycles. The van der Waals surface area contributed by atoms with Gasteiger partial charge in [-0.05, 0) is 46.1 Å². The smallest absolute Gasteiger partial charge is 0.254 e. The number of nitrogens with zero attached hydrogens (tertiary/aromatic N) is 1. The number of carbonyl (C=O) groups excluding carboxylic acids is 1. The van der Waals surface area contributed by atoms with E-state index in [0.717, 1.165) is 23.0 Å². The second-order valence-corrected chi connectivity index (χ2v) is 6.10. The molecule has 2 nitrogen and oxygen atoms in total. The molecule has 4 heteroatoms. The van der Waals surface area contributed by atoms with Gasteiger partial charge in [0.15, 0.2) is 0 Å². The second-order valence-electron chi connectivity index (χ2n) is 4.84. The third-order valence-corrected chi connectivity index (χ3v) is 4.40. The van der Waals surface area contributed by atoms with Crippen molar-refractivity contribution in [1.82, 2.24) is 4.90 Å². The summed E-state index contributed by atoms with van der Waals surface area (Å²) in [6.45, 7) is 3.41. The van der Waals surface area contributed by atoms with Crippen LogP contribution in [0, 0.1) is 0 Å². The molecule has 0 aromatic heterocycles. The first kappa shape index (κ1) is 16.1. The van der Waals surface area contributed by atoms with Crippen LogP contribution in [0.2, 0.25) is 5.02 Å². The predicted octanol–water partition coefficient (Wildman–Crippen LogP) is 5.15. The van der Waals surface area contributed by atoms with Crippen LogP contribution in [-0.4, -0.2) is 17.4 Å². The Labute approximate surface area is 138 Å². The Morgan fingerprint density at radius 3 is 2.52 bits per heavy atom. The minimum absolute atomic E-state index is 0.00935. The van der Waals surface area contributed by atoms with Crippen LogP contribution in [0.1, 0.15) is 29.3 Å². The molecule has 110 valence electrons. The Bertz CT molecular complexity index is 615. The molecule has 2 aromatic carbocycles. The molecule has 0 aliphatic carbocycles. The largest absolute Gasteiger partial charge is 0.334 e. The quantitative estimate of drug-likeness (QED) is 0.716. The van der Waals surface area contributed by atoms with E-state index in [4.69, 9.17) is 11.6 Å². The van der Waals surface area contributed by atoms with Gasteiger partial charge in [0, 0.05) is 23.1 Å². The number of hydrogen-bond acceptors (Lipinski definition) is 1. The van der Waals surface area contributed by atoms with Crippen LogP contribution in [0.4, 0.5) is 0 Å². The number of carbonyl (C=O) groups is 1. The summed E-state index contributed by atoms with van der Waals surface area (Å²) in [7, 11) is 0. The molecular weight excluding hydrogens is 350 g/mol. The normalized spacial score (nSPS) is 10.4. The molecule has 0 aliphatic rings. The number of rotatable bonds is 5. The zero-order valence-corrected chi connectivity index (χ0v) is 14.2. The maximum absolute atomic E-state index is 12.7. The Morgan fingerprint density at radius 2 is 1.90 bits per heavy atom. The molecule has 0 bridgehead atoms. The Morgan fingerprint density at radius 1 is 1.19 bits per heavy atom. The third kappa shape index (κ3) is 4.32. The van der Waals surface area contributed by atoms with Crippen molar-refractivity contribution in [2.24, 2.45) is 0 Å².